The first-order valence-corrected chi connectivity index (χ1v) is 9.26. The minimum Gasteiger partial charge on any atom is -0.481 e. The van der Waals surface area contributed by atoms with Crippen LogP contribution in [0.3, 0.4) is 0 Å². The van der Waals surface area contributed by atoms with E-state index in [4.69, 9.17) is 15.2 Å². The van der Waals surface area contributed by atoms with Crippen molar-refractivity contribution in [2.24, 2.45) is 5.73 Å². The summed E-state index contributed by atoms with van der Waals surface area (Å²) < 4.78 is 25.8. The van der Waals surface area contributed by atoms with Crippen molar-refractivity contribution in [3.05, 3.63) is 47.7 Å². The number of methoxy groups -OCH3 is 1. The number of hydrogen-bond donors (Lipinski definition) is 1. The molecule has 2 N–H and O–H groups in total. The Labute approximate surface area is 166 Å². The van der Waals surface area contributed by atoms with Crippen LogP contribution in [0.2, 0.25) is 0 Å². The Kier molecular flexibility index (Phi) is 4.79. The van der Waals surface area contributed by atoms with E-state index in [1.165, 1.54) is 23.9 Å². The molecule has 1 saturated heterocycles. The zero-order valence-corrected chi connectivity index (χ0v) is 16.1. The molecule has 10 heteroatoms. The molecule has 4 heterocycles. The molecule has 1 unspecified atom stereocenters. The van der Waals surface area contributed by atoms with Gasteiger partial charge in [-0.2, -0.15) is 5.10 Å². The van der Waals surface area contributed by atoms with Gasteiger partial charge in [0.1, 0.15) is 22.9 Å². The number of esters is 1. The third kappa shape index (κ3) is 3.15. The second-order valence-electron chi connectivity index (χ2n) is 6.72. The first-order chi connectivity index (χ1) is 14.0. The Morgan fingerprint density at radius 3 is 3.00 bits per heavy atom. The van der Waals surface area contributed by atoms with Gasteiger partial charge in [0.05, 0.1) is 31.7 Å². The molecule has 1 aliphatic heterocycles. The molecule has 29 heavy (non-hydrogen) atoms. The molecule has 3 aromatic heterocycles. The average molecular weight is 400 g/mol. The van der Waals surface area contributed by atoms with E-state index in [0.29, 0.717) is 30.0 Å². The van der Waals surface area contributed by atoms with Crippen molar-refractivity contribution < 1.29 is 18.7 Å². The molecular formula is C19H21FN6O3. The first-order valence-electron chi connectivity index (χ1n) is 9.26. The van der Waals surface area contributed by atoms with E-state index >= 15 is 0 Å². The highest BCUT2D eigenvalue weighted by Gasteiger charge is 2.42. The van der Waals surface area contributed by atoms with E-state index in [-0.39, 0.29) is 18.1 Å². The maximum Gasteiger partial charge on any atom is 0.343 e. The normalized spacial score (nSPS) is 19.0. The van der Waals surface area contributed by atoms with Crippen molar-refractivity contribution in [1.82, 2.24) is 19.6 Å². The molecule has 0 radical (unpaired) electrons. The lowest BCUT2D eigenvalue weighted by atomic mass is 9.98. The largest absolute Gasteiger partial charge is 0.481 e. The zero-order valence-electron chi connectivity index (χ0n) is 16.1. The summed E-state index contributed by atoms with van der Waals surface area (Å²) in [7, 11) is 1.47. The average Bonchev–Trinajstić information content (AvgIpc) is 3.32. The molecule has 4 rings (SSSR count). The van der Waals surface area contributed by atoms with Crippen molar-refractivity contribution in [1.29, 1.82) is 0 Å². The van der Waals surface area contributed by atoms with Gasteiger partial charge in [0, 0.05) is 12.7 Å². The summed E-state index contributed by atoms with van der Waals surface area (Å²) in [5, 5.41) is 4.15. The lowest BCUT2D eigenvalue weighted by Crippen LogP contribution is -2.50. The monoisotopic (exact) mass is 400 g/mol. The zero-order chi connectivity index (χ0) is 20.6. The summed E-state index contributed by atoms with van der Waals surface area (Å²) in [5.41, 5.74) is 6.76. The molecule has 1 atom stereocenters. The standard InChI is InChI=1S/C19H21FN6O3/c1-3-29-18(27)13-11-23-26-8-5-15(24-16(13)26)25-7-4-6-19(25,21)14-9-12(20)10-22-17(14)28-2/h5,8-11H,3-4,6-7,21H2,1-2H3. The molecule has 0 saturated carbocycles. The van der Waals surface area contributed by atoms with Crippen LogP contribution in [0.4, 0.5) is 10.2 Å². The number of hydrogen-bond acceptors (Lipinski definition) is 8. The smallest absolute Gasteiger partial charge is 0.343 e. The lowest BCUT2D eigenvalue weighted by Gasteiger charge is -2.36. The highest BCUT2D eigenvalue weighted by Crippen LogP contribution is 2.40. The van der Waals surface area contributed by atoms with E-state index < -0.39 is 17.4 Å². The molecule has 0 amide bonds. The van der Waals surface area contributed by atoms with Gasteiger partial charge in [-0.05, 0) is 31.9 Å². The minimum absolute atomic E-state index is 0.250. The van der Waals surface area contributed by atoms with Gasteiger partial charge in [0.15, 0.2) is 5.65 Å². The topological polar surface area (TPSA) is 108 Å². The van der Waals surface area contributed by atoms with Crippen LogP contribution in [0.25, 0.3) is 5.65 Å². The summed E-state index contributed by atoms with van der Waals surface area (Å²) in [6.45, 7) is 2.58. The second-order valence-corrected chi connectivity index (χ2v) is 6.72. The maximum atomic E-state index is 13.9. The van der Waals surface area contributed by atoms with Gasteiger partial charge in [-0.3, -0.25) is 0 Å². The van der Waals surface area contributed by atoms with Crippen molar-refractivity contribution in [2.45, 2.75) is 25.4 Å². The Morgan fingerprint density at radius 2 is 2.24 bits per heavy atom. The highest BCUT2D eigenvalue weighted by atomic mass is 19.1. The van der Waals surface area contributed by atoms with Crippen LogP contribution in [0.5, 0.6) is 5.88 Å². The predicted molar refractivity (Wildman–Crippen MR) is 102 cm³/mol. The number of ether oxygens (including phenoxy) is 2. The van der Waals surface area contributed by atoms with E-state index in [9.17, 15) is 9.18 Å². The lowest BCUT2D eigenvalue weighted by molar-refractivity contribution is 0.0528. The number of pyridine rings is 1. The van der Waals surface area contributed by atoms with Gasteiger partial charge in [-0.15, -0.1) is 0 Å². The van der Waals surface area contributed by atoms with E-state index in [1.807, 2.05) is 4.90 Å². The number of rotatable bonds is 5. The fraction of sp³-hybridized carbons (Fsp3) is 0.368. The Bertz CT molecular complexity index is 1070. The van der Waals surface area contributed by atoms with Gasteiger partial charge in [-0.1, -0.05) is 0 Å². The van der Waals surface area contributed by atoms with Gasteiger partial charge in [-0.25, -0.2) is 23.7 Å². The molecule has 3 aromatic rings. The number of halogens is 1. The van der Waals surface area contributed by atoms with Crippen LogP contribution in [0.15, 0.2) is 30.7 Å². The van der Waals surface area contributed by atoms with E-state index in [1.54, 1.807) is 19.2 Å². The van der Waals surface area contributed by atoms with Crippen molar-refractivity contribution in [3.8, 4) is 5.88 Å². The van der Waals surface area contributed by atoms with Crippen molar-refractivity contribution in [3.63, 3.8) is 0 Å². The van der Waals surface area contributed by atoms with Crippen molar-refractivity contribution >= 4 is 17.4 Å². The highest BCUT2D eigenvalue weighted by molar-refractivity contribution is 5.95. The van der Waals surface area contributed by atoms with Gasteiger partial charge in [0.2, 0.25) is 5.88 Å². The fourth-order valence-corrected chi connectivity index (χ4v) is 3.70. The molecule has 0 aliphatic carbocycles. The Balaban J connectivity index is 1.79. The third-order valence-electron chi connectivity index (χ3n) is 5.03. The second kappa shape index (κ2) is 7.28. The number of carbonyl (C=O) groups excluding carboxylic acids is 1. The molecule has 0 bridgehead atoms. The van der Waals surface area contributed by atoms with Crippen LogP contribution in [-0.4, -0.2) is 45.8 Å². The van der Waals surface area contributed by atoms with Crippen molar-refractivity contribution in [2.75, 3.05) is 25.2 Å². The van der Waals surface area contributed by atoms with E-state index in [0.717, 1.165) is 12.6 Å². The van der Waals surface area contributed by atoms with E-state index in [2.05, 4.69) is 15.1 Å². The summed E-state index contributed by atoms with van der Waals surface area (Å²) in [6, 6.07) is 3.09. The predicted octanol–water partition coefficient (Wildman–Crippen LogP) is 1.86. The number of nitrogens with zero attached hydrogens (tertiary/aromatic N) is 5. The molecule has 0 spiro atoms. The molecule has 9 nitrogen and oxygen atoms in total. The van der Waals surface area contributed by atoms with Gasteiger partial charge < -0.3 is 20.1 Å². The van der Waals surface area contributed by atoms with Gasteiger partial charge in [0.25, 0.3) is 0 Å². The molecular weight excluding hydrogens is 379 g/mol. The molecule has 152 valence electrons. The Hall–Kier alpha value is -3.27. The summed E-state index contributed by atoms with van der Waals surface area (Å²) >= 11 is 0. The number of carbonyl (C=O) groups is 1. The van der Waals surface area contributed by atoms with Crippen LogP contribution in [-0.2, 0) is 10.4 Å². The van der Waals surface area contributed by atoms with Crippen LogP contribution >= 0.6 is 0 Å². The quantitative estimate of drug-likeness (QED) is 0.647. The van der Waals surface area contributed by atoms with Crippen LogP contribution in [0, 0.1) is 5.82 Å². The van der Waals surface area contributed by atoms with Crippen LogP contribution in [0.1, 0.15) is 35.7 Å². The summed E-state index contributed by atoms with van der Waals surface area (Å²) in [6.07, 6.45) is 5.54. The Morgan fingerprint density at radius 1 is 1.41 bits per heavy atom. The third-order valence-corrected chi connectivity index (χ3v) is 5.03. The first kappa shape index (κ1) is 19.1. The van der Waals surface area contributed by atoms with Crippen LogP contribution < -0.4 is 15.4 Å². The molecule has 1 aliphatic rings. The minimum atomic E-state index is -1.06. The number of fused-ring (bicyclic) bond motifs is 1. The molecule has 0 aromatic carbocycles. The van der Waals surface area contributed by atoms with Gasteiger partial charge >= 0.3 is 5.97 Å². The SMILES string of the molecule is CCOC(=O)c1cnn2ccc(N3CCCC3(N)c3cc(F)cnc3OC)nc12. The summed E-state index contributed by atoms with van der Waals surface area (Å²) in [5.74, 6) is -0.196. The maximum absolute atomic E-state index is 13.9. The number of anilines is 1. The number of nitrogens with two attached hydrogens (primary N) is 1. The summed E-state index contributed by atoms with van der Waals surface area (Å²) in [4.78, 5) is 22.7. The fourth-order valence-electron chi connectivity index (χ4n) is 3.70. The molecule has 1 fully saturated rings. The number of aromatic nitrogens is 4.